The molecule has 6 heteroatoms. The van der Waals surface area contributed by atoms with E-state index in [2.05, 4.69) is 23.4 Å². The van der Waals surface area contributed by atoms with E-state index >= 15 is 0 Å². The predicted octanol–water partition coefficient (Wildman–Crippen LogP) is 3.47. The van der Waals surface area contributed by atoms with Gasteiger partial charge in [0, 0.05) is 18.8 Å². The molecule has 2 atom stereocenters. The number of carbonyl (C=O) groups excluding carboxylic acids is 1. The number of fused-ring (bicyclic) bond motifs is 3. The SMILES string of the molecule is C#CC[C@]1([C@@H](NC(=O)OCC2c3ccccc3-c3ccccc32)C(=O)O)CC[N+](C)(C)C1. The molecular formula is C26H29N2O4+. The van der Waals surface area contributed by atoms with Gasteiger partial charge in [0.1, 0.15) is 12.6 Å². The van der Waals surface area contributed by atoms with Crippen molar-refractivity contribution in [1.29, 1.82) is 0 Å². The number of likely N-dealkylation sites (tertiary alicyclic amines) is 1. The molecule has 2 aliphatic rings. The molecule has 1 amide bonds. The van der Waals surface area contributed by atoms with Crippen LogP contribution in [0.3, 0.4) is 0 Å². The van der Waals surface area contributed by atoms with Gasteiger partial charge in [-0.05, 0) is 22.3 Å². The highest BCUT2D eigenvalue weighted by Gasteiger charge is 2.53. The van der Waals surface area contributed by atoms with Crippen molar-refractivity contribution < 1.29 is 23.9 Å². The van der Waals surface area contributed by atoms with Crippen molar-refractivity contribution in [2.24, 2.45) is 5.41 Å². The first kappa shape index (κ1) is 21.9. The Bertz CT molecular complexity index is 1040. The van der Waals surface area contributed by atoms with E-state index in [1.165, 1.54) is 0 Å². The van der Waals surface area contributed by atoms with E-state index in [9.17, 15) is 14.7 Å². The third-order valence-corrected chi connectivity index (χ3v) is 6.88. The van der Waals surface area contributed by atoms with Crippen LogP contribution in [0.25, 0.3) is 11.1 Å². The number of nitrogens with zero attached hydrogens (tertiary/aromatic N) is 1. The van der Waals surface area contributed by atoms with E-state index < -0.39 is 23.5 Å². The Morgan fingerprint density at radius 3 is 2.28 bits per heavy atom. The zero-order valence-electron chi connectivity index (χ0n) is 18.5. The van der Waals surface area contributed by atoms with Crippen molar-refractivity contribution >= 4 is 12.1 Å². The third-order valence-electron chi connectivity index (χ3n) is 6.88. The fraction of sp³-hybridized carbons (Fsp3) is 0.385. The maximum atomic E-state index is 12.7. The summed E-state index contributed by atoms with van der Waals surface area (Å²) in [6, 6.07) is 15.1. The molecule has 166 valence electrons. The van der Waals surface area contributed by atoms with Gasteiger partial charge in [-0.25, -0.2) is 9.59 Å². The number of benzene rings is 2. The zero-order chi connectivity index (χ0) is 22.9. The summed E-state index contributed by atoms with van der Waals surface area (Å²) in [4.78, 5) is 24.9. The normalized spacial score (nSPS) is 21.8. The van der Waals surface area contributed by atoms with Crippen LogP contribution in [-0.4, -0.2) is 61.5 Å². The molecule has 1 heterocycles. The number of alkyl carbamates (subject to hydrolysis) is 1. The highest BCUT2D eigenvalue weighted by Crippen LogP contribution is 2.44. The molecule has 0 spiro atoms. The fourth-order valence-electron chi connectivity index (χ4n) is 5.46. The number of nitrogens with one attached hydrogen (secondary N) is 1. The van der Waals surface area contributed by atoms with Crippen LogP contribution < -0.4 is 5.32 Å². The maximum absolute atomic E-state index is 12.7. The van der Waals surface area contributed by atoms with E-state index in [0.29, 0.717) is 17.4 Å². The van der Waals surface area contributed by atoms with Gasteiger partial charge >= 0.3 is 12.1 Å². The molecule has 2 aromatic rings. The number of carboxylic acid groups (broad SMARTS) is 1. The standard InChI is InChI=1S/C26H28N2O4/c1-4-13-26(14-15-28(2,3)17-26)23(24(29)30)27-25(31)32-16-22-20-11-7-5-9-18(20)19-10-6-8-12-21(19)22/h1,5-12,22-23H,13-17H2,2-3H3,(H-,27,29,30,31)/p+1/t23-,26-/m0/s1. The smallest absolute Gasteiger partial charge is 0.407 e. The van der Waals surface area contributed by atoms with Gasteiger partial charge in [0.15, 0.2) is 0 Å². The second-order valence-corrected chi connectivity index (χ2v) is 9.55. The summed E-state index contributed by atoms with van der Waals surface area (Å²) in [5.74, 6) is 1.46. The highest BCUT2D eigenvalue weighted by atomic mass is 16.5. The average molecular weight is 434 g/mol. The lowest BCUT2D eigenvalue weighted by Gasteiger charge is -2.34. The first-order valence-corrected chi connectivity index (χ1v) is 10.9. The summed E-state index contributed by atoms with van der Waals surface area (Å²) < 4.78 is 6.25. The Morgan fingerprint density at radius 2 is 1.78 bits per heavy atom. The molecule has 0 unspecified atom stereocenters. The van der Waals surface area contributed by atoms with Gasteiger partial charge in [0.05, 0.1) is 32.6 Å². The quantitative estimate of drug-likeness (QED) is 0.540. The minimum Gasteiger partial charge on any atom is -0.480 e. The number of terminal acetylenes is 1. The summed E-state index contributed by atoms with van der Waals surface area (Å²) in [5, 5.41) is 12.6. The van der Waals surface area contributed by atoms with Crippen LogP contribution in [0, 0.1) is 17.8 Å². The Morgan fingerprint density at radius 1 is 1.19 bits per heavy atom. The van der Waals surface area contributed by atoms with Crippen molar-refractivity contribution in [1.82, 2.24) is 5.32 Å². The van der Waals surface area contributed by atoms with Crippen LogP contribution in [0.2, 0.25) is 0 Å². The summed E-state index contributed by atoms with van der Waals surface area (Å²) in [5.41, 5.74) is 3.79. The lowest BCUT2D eigenvalue weighted by molar-refractivity contribution is -0.881. The van der Waals surface area contributed by atoms with Crippen molar-refractivity contribution in [3.63, 3.8) is 0 Å². The number of rotatable bonds is 6. The van der Waals surface area contributed by atoms with Crippen molar-refractivity contribution in [2.75, 3.05) is 33.8 Å². The van der Waals surface area contributed by atoms with Gasteiger partial charge in [-0.15, -0.1) is 12.3 Å². The summed E-state index contributed by atoms with van der Waals surface area (Å²) >= 11 is 0. The monoisotopic (exact) mass is 433 g/mol. The average Bonchev–Trinajstić information content (AvgIpc) is 3.25. The highest BCUT2D eigenvalue weighted by molar-refractivity contribution is 5.82. The largest absolute Gasteiger partial charge is 0.480 e. The van der Waals surface area contributed by atoms with Crippen molar-refractivity contribution in [2.45, 2.75) is 24.8 Å². The van der Waals surface area contributed by atoms with Gasteiger partial charge in [-0.2, -0.15) is 0 Å². The number of carboxylic acids is 1. The van der Waals surface area contributed by atoms with Gasteiger partial charge in [0.25, 0.3) is 0 Å². The maximum Gasteiger partial charge on any atom is 0.407 e. The van der Waals surface area contributed by atoms with Gasteiger partial charge in [0.2, 0.25) is 0 Å². The van der Waals surface area contributed by atoms with Crippen LogP contribution in [-0.2, 0) is 9.53 Å². The van der Waals surface area contributed by atoms with Crippen LogP contribution in [0.1, 0.15) is 29.9 Å². The van der Waals surface area contributed by atoms with Crippen molar-refractivity contribution in [3.05, 3.63) is 59.7 Å². The van der Waals surface area contributed by atoms with Crippen molar-refractivity contribution in [3.8, 4) is 23.5 Å². The van der Waals surface area contributed by atoms with E-state index in [-0.39, 0.29) is 18.9 Å². The minimum absolute atomic E-state index is 0.0850. The molecule has 0 bridgehead atoms. The second-order valence-electron chi connectivity index (χ2n) is 9.55. The Kier molecular flexibility index (Phi) is 5.70. The number of quaternary nitrogens is 1. The predicted molar refractivity (Wildman–Crippen MR) is 122 cm³/mol. The van der Waals surface area contributed by atoms with Crippen LogP contribution in [0.4, 0.5) is 4.79 Å². The molecule has 2 N–H and O–H groups in total. The van der Waals surface area contributed by atoms with E-state index in [1.807, 2.05) is 50.5 Å². The number of ether oxygens (including phenoxy) is 1. The molecule has 2 aromatic carbocycles. The first-order chi connectivity index (χ1) is 15.3. The molecule has 1 aliphatic heterocycles. The summed E-state index contributed by atoms with van der Waals surface area (Å²) in [7, 11) is 4.09. The van der Waals surface area contributed by atoms with E-state index in [0.717, 1.165) is 28.8 Å². The van der Waals surface area contributed by atoms with Crippen LogP contribution in [0.5, 0.6) is 0 Å². The molecule has 1 aliphatic carbocycles. The molecule has 4 rings (SSSR count). The summed E-state index contributed by atoms with van der Waals surface area (Å²) in [6.07, 6.45) is 5.78. The fourth-order valence-corrected chi connectivity index (χ4v) is 5.46. The number of aliphatic carboxylic acids is 1. The minimum atomic E-state index is -1.10. The first-order valence-electron chi connectivity index (χ1n) is 10.9. The molecule has 1 saturated heterocycles. The molecule has 0 radical (unpaired) electrons. The van der Waals surface area contributed by atoms with Gasteiger partial charge in [-0.1, -0.05) is 48.5 Å². The van der Waals surface area contributed by atoms with Gasteiger partial charge < -0.3 is 19.6 Å². The molecule has 6 nitrogen and oxygen atoms in total. The lowest BCUT2D eigenvalue weighted by atomic mass is 9.76. The molecule has 0 saturated carbocycles. The molecule has 0 aromatic heterocycles. The van der Waals surface area contributed by atoms with Gasteiger partial charge in [-0.3, -0.25) is 0 Å². The number of hydrogen-bond donors (Lipinski definition) is 2. The number of carbonyl (C=O) groups is 2. The van der Waals surface area contributed by atoms with Crippen LogP contribution >= 0.6 is 0 Å². The third kappa shape index (κ3) is 3.96. The summed E-state index contributed by atoms with van der Waals surface area (Å²) in [6.45, 7) is 1.52. The van der Waals surface area contributed by atoms with E-state index in [4.69, 9.17) is 11.2 Å². The Hall–Kier alpha value is -3.30. The molecule has 1 fully saturated rings. The Balaban J connectivity index is 1.50. The number of amides is 1. The molecular weight excluding hydrogens is 404 g/mol. The molecule has 32 heavy (non-hydrogen) atoms. The lowest BCUT2D eigenvalue weighted by Crippen LogP contribution is -2.55. The number of hydrogen-bond acceptors (Lipinski definition) is 3. The van der Waals surface area contributed by atoms with Crippen LogP contribution in [0.15, 0.2) is 48.5 Å². The zero-order valence-corrected chi connectivity index (χ0v) is 18.5. The van der Waals surface area contributed by atoms with E-state index in [1.54, 1.807) is 0 Å². The topological polar surface area (TPSA) is 75.6 Å². The second kappa shape index (κ2) is 8.33. The Labute approximate surface area is 188 Å².